The number of aryl methyl sites for hydroxylation is 1. The zero-order chi connectivity index (χ0) is 22.6. The van der Waals surface area contributed by atoms with E-state index in [4.69, 9.17) is 18.4 Å². The Morgan fingerprint density at radius 1 is 1.09 bits per heavy atom. The van der Waals surface area contributed by atoms with Crippen molar-refractivity contribution in [1.29, 1.82) is 0 Å². The Labute approximate surface area is 180 Å². The molecule has 0 spiro atoms. The van der Waals surface area contributed by atoms with E-state index in [1.54, 1.807) is 31.2 Å². The molecule has 1 aliphatic rings. The van der Waals surface area contributed by atoms with Crippen molar-refractivity contribution in [2.45, 2.75) is 13.0 Å². The molecule has 9 heteroatoms. The molecule has 2 aromatic heterocycles. The normalized spacial score (nSPS) is 15.3. The number of rotatable bonds is 4. The highest BCUT2D eigenvalue weighted by atomic mass is 19.1. The standard InChI is InChI=1S/C23H17FN2O6/c1-11-9-17(25-32-11)26-19(13-5-4-6-16(29-2)21(13)30-3)18-20(27)14-10-12(24)7-8-15(14)31-22(18)23(26)28/h4-10,19H,1-3H3/t19-/m0/s1. The molecule has 1 amide bonds. The van der Waals surface area contributed by atoms with Crippen molar-refractivity contribution in [3.8, 4) is 11.5 Å². The van der Waals surface area contributed by atoms with Gasteiger partial charge in [0.25, 0.3) is 5.91 Å². The minimum absolute atomic E-state index is 0.0293. The van der Waals surface area contributed by atoms with E-state index in [-0.39, 0.29) is 28.1 Å². The molecule has 5 rings (SSSR count). The summed E-state index contributed by atoms with van der Waals surface area (Å²) >= 11 is 0. The average molecular weight is 436 g/mol. The summed E-state index contributed by atoms with van der Waals surface area (Å²) in [5.41, 5.74) is 0.118. The third kappa shape index (κ3) is 2.78. The first-order valence-corrected chi connectivity index (χ1v) is 9.68. The second-order valence-electron chi connectivity index (χ2n) is 7.27. The van der Waals surface area contributed by atoms with Gasteiger partial charge in [0.05, 0.1) is 25.2 Å². The lowest BCUT2D eigenvalue weighted by molar-refractivity contribution is 0.0969. The van der Waals surface area contributed by atoms with Gasteiger partial charge in [-0.25, -0.2) is 4.39 Å². The molecule has 162 valence electrons. The molecule has 2 aromatic carbocycles. The largest absolute Gasteiger partial charge is 0.493 e. The highest BCUT2D eigenvalue weighted by Crippen LogP contribution is 2.46. The van der Waals surface area contributed by atoms with Crippen LogP contribution in [0.1, 0.15) is 33.5 Å². The van der Waals surface area contributed by atoms with Crippen LogP contribution in [-0.4, -0.2) is 25.3 Å². The maximum Gasteiger partial charge on any atom is 0.296 e. The highest BCUT2D eigenvalue weighted by molar-refractivity contribution is 6.10. The Morgan fingerprint density at radius 3 is 2.59 bits per heavy atom. The molecule has 0 aliphatic carbocycles. The molecule has 0 unspecified atom stereocenters. The van der Waals surface area contributed by atoms with Crippen LogP contribution in [0, 0.1) is 12.7 Å². The third-order valence-electron chi connectivity index (χ3n) is 5.42. The SMILES string of the molecule is COc1cccc([C@H]2c3c(oc4ccc(F)cc4c3=O)C(=O)N2c2cc(C)on2)c1OC. The van der Waals surface area contributed by atoms with Gasteiger partial charge in [-0.15, -0.1) is 0 Å². The van der Waals surface area contributed by atoms with Crippen molar-refractivity contribution in [1.82, 2.24) is 5.16 Å². The van der Waals surface area contributed by atoms with Crippen LogP contribution in [0.25, 0.3) is 11.0 Å². The summed E-state index contributed by atoms with van der Waals surface area (Å²) in [6, 6.07) is 9.32. The van der Waals surface area contributed by atoms with Gasteiger partial charge in [0.15, 0.2) is 22.7 Å². The number of nitrogens with zero attached hydrogens (tertiary/aromatic N) is 2. The molecule has 0 bridgehead atoms. The number of anilines is 1. The Hall–Kier alpha value is -4.14. The first-order chi connectivity index (χ1) is 15.4. The van der Waals surface area contributed by atoms with Gasteiger partial charge in [-0.1, -0.05) is 17.3 Å². The predicted octanol–water partition coefficient (Wildman–Crippen LogP) is 4.00. The summed E-state index contributed by atoms with van der Waals surface area (Å²) in [5.74, 6) is 0.114. The monoisotopic (exact) mass is 436 g/mol. The summed E-state index contributed by atoms with van der Waals surface area (Å²) < 4.78 is 35.9. The molecule has 1 atom stereocenters. The highest BCUT2D eigenvalue weighted by Gasteiger charge is 2.46. The van der Waals surface area contributed by atoms with E-state index >= 15 is 0 Å². The van der Waals surface area contributed by atoms with Crippen LogP contribution in [0.5, 0.6) is 11.5 Å². The van der Waals surface area contributed by atoms with Gasteiger partial charge in [-0.3, -0.25) is 14.5 Å². The second-order valence-corrected chi connectivity index (χ2v) is 7.27. The van der Waals surface area contributed by atoms with Crippen LogP contribution >= 0.6 is 0 Å². The first-order valence-electron chi connectivity index (χ1n) is 9.68. The fourth-order valence-corrected chi connectivity index (χ4v) is 4.07. The number of hydrogen-bond donors (Lipinski definition) is 0. The van der Waals surface area contributed by atoms with Crippen LogP contribution in [-0.2, 0) is 0 Å². The van der Waals surface area contributed by atoms with Gasteiger partial charge in [-0.05, 0) is 31.2 Å². The number of aromatic nitrogens is 1. The van der Waals surface area contributed by atoms with Crippen molar-refractivity contribution in [2.75, 3.05) is 19.1 Å². The molecule has 0 radical (unpaired) electrons. The lowest BCUT2D eigenvalue weighted by atomic mass is 9.97. The van der Waals surface area contributed by atoms with E-state index in [1.807, 2.05) is 0 Å². The number of carbonyl (C=O) groups is 1. The zero-order valence-corrected chi connectivity index (χ0v) is 17.3. The molecule has 0 N–H and O–H groups in total. The average Bonchev–Trinajstić information content (AvgIpc) is 3.34. The Kier molecular flexibility index (Phi) is 4.47. The lowest BCUT2D eigenvalue weighted by Gasteiger charge is -2.24. The Balaban J connectivity index is 1.86. The minimum Gasteiger partial charge on any atom is -0.493 e. The van der Waals surface area contributed by atoms with Crippen molar-refractivity contribution >= 4 is 22.7 Å². The number of carbonyl (C=O) groups excluding carboxylic acids is 1. The zero-order valence-electron chi connectivity index (χ0n) is 17.3. The smallest absolute Gasteiger partial charge is 0.296 e. The maximum atomic E-state index is 13.9. The van der Waals surface area contributed by atoms with E-state index < -0.39 is 23.2 Å². The predicted molar refractivity (Wildman–Crippen MR) is 112 cm³/mol. The molecule has 0 saturated heterocycles. The summed E-state index contributed by atoms with van der Waals surface area (Å²) in [4.78, 5) is 28.3. The minimum atomic E-state index is -0.962. The molecule has 3 heterocycles. The van der Waals surface area contributed by atoms with Crippen molar-refractivity contribution in [3.05, 3.63) is 81.2 Å². The summed E-state index contributed by atoms with van der Waals surface area (Å²) in [6.07, 6.45) is 0. The van der Waals surface area contributed by atoms with E-state index in [2.05, 4.69) is 5.16 Å². The molecule has 32 heavy (non-hydrogen) atoms. The van der Waals surface area contributed by atoms with E-state index in [1.165, 1.54) is 31.3 Å². The van der Waals surface area contributed by atoms with Crippen LogP contribution in [0.15, 0.2) is 56.2 Å². The number of ether oxygens (including phenoxy) is 2. The number of para-hydroxylation sites is 1. The van der Waals surface area contributed by atoms with Crippen LogP contribution in [0.2, 0.25) is 0 Å². The molecule has 4 aromatic rings. The van der Waals surface area contributed by atoms with Crippen LogP contribution < -0.4 is 19.8 Å². The maximum absolute atomic E-state index is 13.9. The quantitative estimate of drug-likeness (QED) is 0.477. The van der Waals surface area contributed by atoms with Gasteiger partial charge < -0.3 is 18.4 Å². The molecule has 0 fully saturated rings. The Bertz CT molecular complexity index is 1440. The number of methoxy groups -OCH3 is 2. The molecule has 1 aliphatic heterocycles. The van der Waals surface area contributed by atoms with Crippen molar-refractivity contribution in [3.63, 3.8) is 0 Å². The second kappa shape index (κ2) is 7.23. The third-order valence-corrected chi connectivity index (χ3v) is 5.42. The van der Waals surface area contributed by atoms with Crippen LogP contribution in [0.3, 0.4) is 0 Å². The van der Waals surface area contributed by atoms with Crippen LogP contribution in [0.4, 0.5) is 10.2 Å². The molecule has 8 nitrogen and oxygen atoms in total. The number of benzene rings is 2. The summed E-state index contributed by atoms with van der Waals surface area (Å²) in [5, 5.41) is 4.00. The van der Waals surface area contributed by atoms with Gasteiger partial charge in [-0.2, -0.15) is 0 Å². The van der Waals surface area contributed by atoms with E-state index in [0.717, 1.165) is 6.07 Å². The fraction of sp³-hybridized carbons (Fsp3) is 0.174. The number of fused-ring (bicyclic) bond motifs is 2. The molecular formula is C23H17FN2O6. The van der Waals surface area contributed by atoms with Gasteiger partial charge in [0.2, 0.25) is 5.76 Å². The van der Waals surface area contributed by atoms with E-state index in [9.17, 15) is 14.0 Å². The number of halogens is 1. The molecule has 0 saturated carbocycles. The topological polar surface area (TPSA) is 95.0 Å². The van der Waals surface area contributed by atoms with Gasteiger partial charge in [0, 0.05) is 11.6 Å². The van der Waals surface area contributed by atoms with Gasteiger partial charge >= 0.3 is 0 Å². The van der Waals surface area contributed by atoms with Gasteiger partial charge in [0.1, 0.15) is 23.2 Å². The lowest BCUT2D eigenvalue weighted by Crippen LogP contribution is -2.30. The Morgan fingerprint density at radius 2 is 1.91 bits per heavy atom. The fourth-order valence-electron chi connectivity index (χ4n) is 4.07. The summed E-state index contributed by atoms with van der Waals surface area (Å²) in [7, 11) is 2.95. The van der Waals surface area contributed by atoms with Crippen molar-refractivity contribution < 1.29 is 27.6 Å². The number of amides is 1. The first kappa shape index (κ1) is 19.8. The number of hydrogen-bond acceptors (Lipinski definition) is 7. The molecular weight excluding hydrogens is 419 g/mol. The summed E-state index contributed by atoms with van der Waals surface area (Å²) in [6.45, 7) is 1.69. The van der Waals surface area contributed by atoms with Crippen molar-refractivity contribution in [2.24, 2.45) is 0 Å². The van der Waals surface area contributed by atoms with E-state index in [0.29, 0.717) is 22.8 Å².